The van der Waals surface area contributed by atoms with Crippen LogP contribution >= 0.6 is 15.6 Å². The van der Waals surface area contributed by atoms with Crippen molar-refractivity contribution in [2.24, 2.45) is 0 Å². The Hall–Kier alpha value is -2.81. The highest BCUT2D eigenvalue weighted by molar-refractivity contribution is 7.48. The zero-order chi connectivity index (χ0) is 25.0. The van der Waals surface area contributed by atoms with Gasteiger partial charge in [0.25, 0.3) is 0 Å². The molecule has 0 spiro atoms. The van der Waals surface area contributed by atoms with Gasteiger partial charge in [-0.1, -0.05) is 36.4 Å². The molecule has 0 aliphatic carbocycles. The number of halogens is 3. The van der Waals surface area contributed by atoms with Crippen LogP contribution in [0.25, 0.3) is 11.1 Å². The third-order valence-corrected chi connectivity index (χ3v) is 5.92. The minimum atomic E-state index is -4.96. The van der Waals surface area contributed by atoms with Crippen LogP contribution < -0.4 is 13.6 Å². The average Bonchev–Trinajstić information content (AvgIpc) is 2.74. The van der Waals surface area contributed by atoms with Crippen LogP contribution in [0.2, 0.25) is 0 Å². The predicted octanol–water partition coefficient (Wildman–Crippen LogP) is 6.28. The first-order valence-electron chi connectivity index (χ1n) is 9.54. The lowest BCUT2D eigenvalue weighted by Gasteiger charge is -2.16. The second-order valence-corrected chi connectivity index (χ2v) is 9.60. The highest BCUT2D eigenvalue weighted by Gasteiger charge is 2.34. The number of rotatable bonds is 9. The van der Waals surface area contributed by atoms with Gasteiger partial charge in [0.05, 0.1) is 0 Å². The summed E-state index contributed by atoms with van der Waals surface area (Å²) in [6.45, 7) is -0.275. The van der Waals surface area contributed by atoms with Crippen molar-refractivity contribution < 1.29 is 50.2 Å². The topological polar surface area (TPSA) is 112 Å². The maximum absolute atomic E-state index is 12.3. The summed E-state index contributed by atoms with van der Waals surface area (Å²) in [5, 5.41) is 0. The largest absolute Gasteiger partial charge is 0.584 e. The molecule has 0 aliphatic rings. The minimum Gasteiger partial charge on any atom is -0.404 e. The summed E-state index contributed by atoms with van der Waals surface area (Å²) >= 11 is 0. The van der Waals surface area contributed by atoms with Gasteiger partial charge in [0.1, 0.15) is 17.2 Å². The molecule has 0 fully saturated rings. The van der Waals surface area contributed by atoms with Gasteiger partial charge < -0.3 is 13.6 Å². The second-order valence-electron chi connectivity index (χ2n) is 6.92. The van der Waals surface area contributed by atoms with E-state index in [1.54, 1.807) is 37.3 Å². The number of para-hydroxylation sites is 1. The van der Waals surface area contributed by atoms with Gasteiger partial charge in [-0.2, -0.15) is 13.2 Å². The van der Waals surface area contributed by atoms with Crippen molar-refractivity contribution in [1.82, 2.24) is 0 Å². The summed E-state index contributed by atoms with van der Waals surface area (Å²) in [6, 6.07) is 18.3. The van der Waals surface area contributed by atoms with Crippen LogP contribution in [-0.4, -0.2) is 22.6 Å². The molecule has 0 aliphatic heterocycles. The molecule has 3 rings (SSSR count). The molecule has 0 bridgehead atoms. The standard InChI is InChI=1S/C21H19F3O8P2/c1-15-13-17(9-12-20(15)32-34(27,28)31-18-5-3-2-4-6-18)16-7-10-19(11-8-16)30-33(25,26)29-14-21(22,23)24/h2-13H,14H2,1H3,(H,25,26)(H,27,28). The molecule has 3 aromatic carbocycles. The van der Waals surface area contributed by atoms with Crippen molar-refractivity contribution >= 4 is 15.6 Å². The molecule has 0 saturated heterocycles. The lowest BCUT2D eigenvalue weighted by molar-refractivity contribution is -0.156. The van der Waals surface area contributed by atoms with Crippen molar-refractivity contribution in [1.29, 1.82) is 0 Å². The van der Waals surface area contributed by atoms with Crippen LogP contribution in [0.1, 0.15) is 5.56 Å². The molecule has 2 N–H and O–H groups in total. The van der Waals surface area contributed by atoms with Gasteiger partial charge in [-0.05, 0) is 60.0 Å². The van der Waals surface area contributed by atoms with E-state index in [0.717, 1.165) is 0 Å². The predicted molar refractivity (Wildman–Crippen MR) is 117 cm³/mol. The Kier molecular flexibility index (Phi) is 7.75. The van der Waals surface area contributed by atoms with Crippen LogP contribution in [0.3, 0.4) is 0 Å². The van der Waals surface area contributed by atoms with Gasteiger partial charge in [0.15, 0.2) is 6.61 Å². The molecule has 2 atom stereocenters. The maximum atomic E-state index is 12.3. The van der Waals surface area contributed by atoms with E-state index in [2.05, 4.69) is 9.05 Å². The van der Waals surface area contributed by atoms with E-state index in [4.69, 9.17) is 9.05 Å². The number of phosphoric acid groups is 2. The molecule has 3 aromatic rings. The van der Waals surface area contributed by atoms with Gasteiger partial charge in [-0.3, -0.25) is 14.3 Å². The molecular weight excluding hydrogens is 499 g/mol. The highest BCUT2D eigenvalue weighted by atomic mass is 31.2. The summed E-state index contributed by atoms with van der Waals surface area (Å²) < 4.78 is 79.1. The first-order valence-corrected chi connectivity index (χ1v) is 12.5. The normalized spacial score (nSPS) is 15.1. The van der Waals surface area contributed by atoms with Gasteiger partial charge >= 0.3 is 21.8 Å². The lowest BCUT2D eigenvalue weighted by atomic mass is 10.0. The van der Waals surface area contributed by atoms with Crippen molar-refractivity contribution in [2.75, 3.05) is 6.61 Å². The second kappa shape index (κ2) is 10.2. The fourth-order valence-corrected chi connectivity index (χ4v) is 4.34. The van der Waals surface area contributed by atoms with E-state index < -0.39 is 28.4 Å². The number of hydrogen-bond acceptors (Lipinski definition) is 6. The zero-order valence-electron chi connectivity index (χ0n) is 17.5. The summed E-state index contributed by atoms with van der Waals surface area (Å²) in [5.41, 5.74) is 1.80. The Labute approximate surface area is 192 Å². The molecular formula is C21H19F3O8P2. The van der Waals surface area contributed by atoms with Crippen LogP contribution in [0.5, 0.6) is 17.2 Å². The Morgan fingerprint density at radius 1 is 0.765 bits per heavy atom. The minimum absolute atomic E-state index is 0.119. The molecule has 13 heteroatoms. The third-order valence-electron chi connectivity index (χ3n) is 4.15. The highest BCUT2D eigenvalue weighted by Crippen LogP contribution is 2.46. The number of phosphoric ester groups is 2. The van der Waals surface area contributed by atoms with Crippen LogP contribution in [-0.2, 0) is 13.7 Å². The lowest BCUT2D eigenvalue weighted by Crippen LogP contribution is -2.16. The first kappa shape index (κ1) is 25.8. The Balaban J connectivity index is 1.67. The fraction of sp³-hybridized carbons (Fsp3) is 0.143. The molecule has 2 unspecified atom stereocenters. The molecule has 0 aromatic heterocycles. The molecule has 0 heterocycles. The van der Waals surface area contributed by atoms with Crippen LogP contribution in [0, 0.1) is 6.92 Å². The van der Waals surface area contributed by atoms with E-state index in [0.29, 0.717) is 16.7 Å². The van der Waals surface area contributed by atoms with E-state index in [-0.39, 0.29) is 17.2 Å². The fourth-order valence-electron chi connectivity index (χ4n) is 2.71. The quantitative estimate of drug-likeness (QED) is 0.319. The van der Waals surface area contributed by atoms with Crippen molar-refractivity contribution in [3.8, 4) is 28.4 Å². The van der Waals surface area contributed by atoms with E-state index in [1.807, 2.05) is 0 Å². The summed E-state index contributed by atoms with van der Waals surface area (Å²) in [7, 11) is -9.40. The van der Waals surface area contributed by atoms with E-state index in [1.165, 1.54) is 42.5 Å². The zero-order valence-corrected chi connectivity index (χ0v) is 19.3. The van der Waals surface area contributed by atoms with Gasteiger partial charge in [-0.15, -0.1) is 0 Å². The molecule has 0 radical (unpaired) electrons. The van der Waals surface area contributed by atoms with Gasteiger partial charge in [0, 0.05) is 0 Å². The molecule has 0 amide bonds. The average molecular weight is 518 g/mol. The first-order chi connectivity index (χ1) is 15.8. The maximum Gasteiger partial charge on any atom is 0.584 e. The molecule has 0 saturated carbocycles. The van der Waals surface area contributed by atoms with E-state index >= 15 is 0 Å². The third kappa shape index (κ3) is 7.90. The Morgan fingerprint density at radius 3 is 1.91 bits per heavy atom. The van der Waals surface area contributed by atoms with Crippen LogP contribution in [0.4, 0.5) is 13.2 Å². The molecule has 8 nitrogen and oxygen atoms in total. The number of alkyl halides is 3. The monoisotopic (exact) mass is 518 g/mol. The van der Waals surface area contributed by atoms with Crippen molar-refractivity contribution in [3.05, 3.63) is 78.4 Å². The van der Waals surface area contributed by atoms with Gasteiger partial charge in [-0.25, -0.2) is 9.13 Å². The Bertz CT molecular complexity index is 1220. The molecule has 182 valence electrons. The smallest absolute Gasteiger partial charge is 0.404 e. The van der Waals surface area contributed by atoms with Crippen molar-refractivity contribution in [2.45, 2.75) is 13.1 Å². The van der Waals surface area contributed by atoms with Gasteiger partial charge in [0.2, 0.25) is 0 Å². The number of hydrogen-bond donors (Lipinski definition) is 2. The summed E-state index contributed by atoms with van der Waals surface area (Å²) in [5.74, 6) is 0.113. The Morgan fingerprint density at radius 2 is 1.32 bits per heavy atom. The van der Waals surface area contributed by atoms with E-state index in [9.17, 15) is 32.1 Å². The number of aryl methyl sites for hydroxylation is 1. The molecule has 34 heavy (non-hydrogen) atoms. The van der Waals surface area contributed by atoms with Crippen molar-refractivity contribution in [3.63, 3.8) is 0 Å². The SMILES string of the molecule is Cc1cc(-c2ccc(OP(=O)(O)OCC(F)(F)F)cc2)ccc1OP(=O)(O)Oc1ccccc1. The summed E-state index contributed by atoms with van der Waals surface area (Å²) in [4.78, 5) is 19.4. The summed E-state index contributed by atoms with van der Waals surface area (Å²) in [6.07, 6.45) is -4.78. The number of benzene rings is 3. The van der Waals surface area contributed by atoms with Crippen LogP contribution in [0.15, 0.2) is 72.8 Å².